The molecule has 1 heterocycles. The number of aryl methyl sites for hydroxylation is 1. The monoisotopic (exact) mass is 381 g/mol. The smallest absolute Gasteiger partial charge is 0.254 e. The first kappa shape index (κ1) is 18.9. The number of rotatable bonds is 6. The second kappa shape index (κ2) is 8.18. The van der Waals surface area contributed by atoms with Crippen LogP contribution in [0.2, 0.25) is 5.02 Å². The van der Waals surface area contributed by atoms with Gasteiger partial charge >= 0.3 is 0 Å². The van der Waals surface area contributed by atoms with Crippen LogP contribution in [0.15, 0.2) is 60.8 Å². The van der Waals surface area contributed by atoms with Gasteiger partial charge in [-0.25, -0.2) is 0 Å². The number of benzene rings is 2. The van der Waals surface area contributed by atoms with Gasteiger partial charge in [0.1, 0.15) is 0 Å². The second-order valence-electron chi connectivity index (χ2n) is 6.18. The summed E-state index contributed by atoms with van der Waals surface area (Å²) in [5.41, 5.74) is 2.18. The average Bonchev–Trinajstić information content (AvgIpc) is 3.14. The van der Waals surface area contributed by atoms with Crippen LogP contribution in [0.5, 0.6) is 0 Å². The molecule has 3 aromatic rings. The number of halogens is 1. The highest BCUT2D eigenvalue weighted by Gasteiger charge is 2.21. The van der Waals surface area contributed by atoms with Crippen LogP contribution in [0.4, 0.5) is 0 Å². The van der Waals surface area contributed by atoms with E-state index in [2.05, 4.69) is 5.10 Å². The molecular weight excluding hydrogens is 362 g/mol. The summed E-state index contributed by atoms with van der Waals surface area (Å²) < 4.78 is 1.84. The highest BCUT2D eigenvalue weighted by molar-refractivity contribution is 6.30. The molecular formula is C21H20ClN3O2. The topological polar surface area (TPSA) is 55.2 Å². The van der Waals surface area contributed by atoms with Crippen LogP contribution in [-0.4, -0.2) is 33.4 Å². The molecule has 0 aliphatic heterocycles. The summed E-state index contributed by atoms with van der Waals surface area (Å²) in [5.74, 6) is -0.417. The van der Waals surface area contributed by atoms with Crippen molar-refractivity contribution < 1.29 is 9.59 Å². The summed E-state index contributed by atoms with van der Waals surface area (Å²) in [6.45, 7) is 3.14. The highest BCUT2D eigenvalue weighted by atomic mass is 35.5. The largest absolute Gasteiger partial charge is 0.336 e. The number of aromatic nitrogens is 2. The zero-order valence-corrected chi connectivity index (χ0v) is 16.0. The SMILES string of the molecule is CCn1nccc1CN(C)C(=O)c1ccccc1C(=O)c1ccc(Cl)cc1. The van der Waals surface area contributed by atoms with E-state index in [1.807, 2.05) is 17.7 Å². The van der Waals surface area contributed by atoms with Crippen molar-refractivity contribution in [3.05, 3.63) is 88.2 Å². The Morgan fingerprint density at radius 2 is 1.70 bits per heavy atom. The van der Waals surface area contributed by atoms with Crippen LogP contribution >= 0.6 is 11.6 Å². The Balaban J connectivity index is 1.87. The van der Waals surface area contributed by atoms with Crippen LogP contribution in [0.25, 0.3) is 0 Å². The van der Waals surface area contributed by atoms with Crippen molar-refractivity contribution in [1.82, 2.24) is 14.7 Å². The number of ketones is 1. The fourth-order valence-corrected chi connectivity index (χ4v) is 3.05. The molecule has 0 saturated heterocycles. The van der Waals surface area contributed by atoms with Gasteiger partial charge in [-0.15, -0.1) is 0 Å². The first-order valence-corrected chi connectivity index (χ1v) is 9.04. The van der Waals surface area contributed by atoms with Crippen LogP contribution in [-0.2, 0) is 13.1 Å². The van der Waals surface area contributed by atoms with E-state index in [-0.39, 0.29) is 11.7 Å². The molecule has 138 valence electrons. The molecule has 6 heteroatoms. The van der Waals surface area contributed by atoms with Gasteiger partial charge in [0.25, 0.3) is 5.91 Å². The fourth-order valence-electron chi connectivity index (χ4n) is 2.92. The average molecular weight is 382 g/mol. The summed E-state index contributed by atoms with van der Waals surface area (Å²) in [6.07, 6.45) is 1.72. The Kier molecular flexibility index (Phi) is 5.72. The maximum Gasteiger partial charge on any atom is 0.254 e. The quantitative estimate of drug-likeness (QED) is 0.605. The molecule has 2 aromatic carbocycles. The molecule has 0 spiro atoms. The molecule has 0 aliphatic carbocycles. The van der Waals surface area contributed by atoms with Gasteiger partial charge in [-0.05, 0) is 43.3 Å². The van der Waals surface area contributed by atoms with E-state index in [1.165, 1.54) is 0 Å². The predicted molar refractivity (Wildman–Crippen MR) is 105 cm³/mol. The summed E-state index contributed by atoms with van der Waals surface area (Å²) in [5, 5.41) is 4.78. The van der Waals surface area contributed by atoms with Gasteiger partial charge in [-0.3, -0.25) is 14.3 Å². The molecule has 0 atom stereocenters. The van der Waals surface area contributed by atoms with E-state index in [0.29, 0.717) is 28.3 Å². The number of hydrogen-bond acceptors (Lipinski definition) is 3. The summed E-state index contributed by atoms with van der Waals surface area (Å²) >= 11 is 5.90. The zero-order chi connectivity index (χ0) is 19.4. The predicted octanol–water partition coefficient (Wildman–Crippen LogP) is 4.06. The van der Waals surface area contributed by atoms with Crippen molar-refractivity contribution >= 4 is 23.3 Å². The number of nitrogens with zero attached hydrogens (tertiary/aromatic N) is 3. The van der Waals surface area contributed by atoms with Gasteiger partial charge in [0.05, 0.1) is 17.8 Å². The van der Waals surface area contributed by atoms with Gasteiger partial charge in [0.15, 0.2) is 5.78 Å². The minimum absolute atomic E-state index is 0.206. The Bertz CT molecular complexity index is 964. The Hall–Kier alpha value is -2.92. The Labute approximate surface area is 163 Å². The Morgan fingerprint density at radius 3 is 2.37 bits per heavy atom. The normalized spacial score (nSPS) is 10.6. The molecule has 0 N–H and O–H groups in total. The van der Waals surface area contributed by atoms with E-state index in [4.69, 9.17) is 11.6 Å². The van der Waals surface area contributed by atoms with Gasteiger partial charge in [-0.1, -0.05) is 29.8 Å². The standard InChI is InChI=1S/C21H20ClN3O2/c1-3-25-17(12-13-23-25)14-24(2)21(27)19-7-5-4-6-18(19)20(26)15-8-10-16(22)11-9-15/h4-13H,3,14H2,1-2H3. The molecule has 1 amide bonds. The molecule has 0 aliphatic rings. The Morgan fingerprint density at radius 1 is 1.04 bits per heavy atom. The lowest BCUT2D eigenvalue weighted by Crippen LogP contribution is -2.29. The van der Waals surface area contributed by atoms with E-state index in [9.17, 15) is 9.59 Å². The number of hydrogen-bond donors (Lipinski definition) is 0. The second-order valence-corrected chi connectivity index (χ2v) is 6.62. The lowest BCUT2D eigenvalue weighted by Gasteiger charge is -2.19. The zero-order valence-electron chi connectivity index (χ0n) is 15.2. The highest BCUT2D eigenvalue weighted by Crippen LogP contribution is 2.19. The van der Waals surface area contributed by atoms with Gasteiger partial charge in [0, 0.05) is 35.9 Å². The third-order valence-electron chi connectivity index (χ3n) is 4.36. The van der Waals surface area contributed by atoms with E-state index >= 15 is 0 Å². The fraction of sp³-hybridized carbons (Fsp3) is 0.190. The molecule has 0 radical (unpaired) electrons. The number of carbonyl (C=O) groups excluding carboxylic acids is 2. The van der Waals surface area contributed by atoms with E-state index < -0.39 is 0 Å². The first-order valence-electron chi connectivity index (χ1n) is 8.66. The van der Waals surface area contributed by atoms with Crippen LogP contribution in [0.1, 0.15) is 38.9 Å². The van der Waals surface area contributed by atoms with Crippen molar-refractivity contribution in [2.45, 2.75) is 20.0 Å². The van der Waals surface area contributed by atoms with E-state index in [1.54, 1.807) is 66.7 Å². The molecule has 0 unspecified atom stereocenters. The lowest BCUT2D eigenvalue weighted by atomic mass is 9.97. The molecule has 0 bridgehead atoms. The van der Waals surface area contributed by atoms with Gasteiger partial charge < -0.3 is 4.90 Å². The molecule has 1 aromatic heterocycles. The van der Waals surface area contributed by atoms with Crippen molar-refractivity contribution in [3.63, 3.8) is 0 Å². The minimum atomic E-state index is -0.211. The van der Waals surface area contributed by atoms with Crippen LogP contribution in [0, 0.1) is 0 Å². The maximum atomic E-state index is 13.0. The molecule has 27 heavy (non-hydrogen) atoms. The van der Waals surface area contributed by atoms with Crippen molar-refractivity contribution in [2.75, 3.05) is 7.05 Å². The third kappa shape index (κ3) is 4.09. The number of amides is 1. The summed E-state index contributed by atoms with van der Waals surface area (Å²) in [7, 11) is 1.72. The van der Waals surface area contributed by atoms with Gasteiger partial charge in [-0.2, -0.15) is 5.10 Å². The van der Waals surface area contributed by atoms with Crippen LogP contribution in [0.3, 0.4) is 0 Å². The maximum absolute atomic E-state index is 13.0. The molecule has 0 saturated carbocycles. The summed E-state index contributed by atoms with van der Waals surface area (Å²) in [4.78, 5) is 27.5. The molecule has 3 rings (SSSR count). The molecule has 5 nitrogen and oxygen atoms in total. The molecule has 0 fully saturated rings. The lowest BCUT2D eigenvalue weighted by molar-refractivity contribution is 0.0777. The van der Waals surface area contributed by atoms with Crippen molar-refractivity contribution in [1.29, 1.82) is 0 Å². The van der Waals surface area contributed by atoms with Crippen molar-refractivity contribution in [3.8, 4) is 0 Å². The minimum Gasteiger partial charge on any atom is -0.336 e. The van der Waals surface area contributed by atoms with Crippen molar-refractivity contribution in [2.24, 2.45) is 0 Å². The van der Waals surface area contributed by atoms with Gasteiger partial charge in [0.2, 0.25) is 0 Å². The van der Waals surface area contributed by atoms with E-state index in [0.717, 1.165) is 12.2 Å². The van der Waals surface area contributed by atoms with Crippen LogP contribution < -0.4 is 0 Å². The summed E-state index contributed by atoms with van der Waals surface area (Å²) in [6, 6.07) is 15.4. The third-order valence-corrected chi connectivity index (χ3v) is 4.61. The number of carbonyl (C=O) groups is 2. The first-order chi connectivity index (χ1) is 13.0.